The van der Waals surface area contributed by atoms with Crippen LogP contribution < -0.4 is 0 Å². The van der Waals surface area contributed by atoms with Crippen LogP contribution in [0, 0.1) is 0 Å². The van der Waals surface area contributed by atoms with Gasteiger partial charge in [0.1, 0.15) is 0 Å². The molecule has 2 heteroatoms. The largest absolute Gasteiger partial charge is 0.390 e. The Morgan fingerprint density at radius 2 is 1.92 bits per heavy atom. The molecule has 1 N–H and O–H groups in total. The van der Waals surface area contributed by atoms with Gasteiger partial charge in [0.15, 0.2) is 0 Å². The molecule has 1 aliphatic carbocycles. The van der Waals surface area contributed by atoms with Crippen LogP contribution in [0.5, 0.6) is 0 Å². The molecule has 1 saturated heterocycles. The lowest BCUT2D eigenvalue weighted by molar-refractivity contribution is 0.0376. The van der Waals surface area contributed by atoms with Crippen LogP contribution in [0.1, 0.15) is 51.4 Å². The van der Waals surface area contributed by atoms with Gasteiger partial charge in [-0.3, -0.25) is 0 Å². The summed E-state index contributed by atoms with van der Waals surface area (Å²) < 4.78 is 0. The quantitative estimate of drug-likeness (QED) is 0.739. The maximum atomic E-state index is 10.2. The van der Waals surface area contributed by atoms with Gasteiger partial charge in [-0.1, -0.05) is 19.3 Å². The molecule has 1 nitrogen and oxygen atoms in total. The third kappa shape index (κ3) is 2.63. The highest BCUT2D eigenvalue weighted by Crippen LogP contribution is 2.38. The van der Waals surface area contributed by atoms with Crippen LogP contribution in [0.4, 0.5) is 0 Å². The van der Waals surface area contributed by atoms with Crippen LogP contribution in [0.15, 0.2) is 0 Å². The van der Waals surface area contributed by atoms with Gasteiger partial charge in [-0.2, -0.15) is 11.8 Å². The van der Waals surface area contributed by atoms with Crippen molar-refractivity contribution in [2.24, 2.45) is 0 Å². The van der Waals surface area contributed by atoms with Crippen molar-refractivity contribution in [2.75, 3.05) is 5.75 Å². The van der Waals surface area contributed by atoms with E-state index in [2.05, 4.69) is 11.8 Å². The third-order valence-corrected chi connectivity index (χ3v) is 4.81. The van der Waals surface area contributed by atoms with Gasteiger partial charge in [0, 0.05) is 5.25 Å². The van der Waals surface area contributed by atoms with Gasteiger partial charge >= 0.3 is 0 Å². The molecule has 1 saturated carbocycles. The smallest absolute Gasteiger partial charge is 0.0658 e. The average Bonchev–Trinajstić information content (AvgIpc) is 2.54. The van der Waals surface area contributed by atoms with Crippen molar-refractivity contribution >= 4 is 11.8 Å². The first kappa shape index (κ1) is 9.85. The van der Waals surface area contributed by atoms with Crippen LogP contribution in [0.2, 0.25) is 0 Å². The van der Waals surface area contributed by atoms with Crippen molar-refractivity contribution in [1.29, 1.82) is 0 Å². The zero-order valence-corrected chi connectivity index (χ0v) is 9.11. The number of rotatable bonds is 2. The fourth-order valence-electron chi connectivity index (χ4n) is 2.63. The summed E-state index contributed by atoms with van der Waals surface area (Å²) in [4.78, 5) is 0. The Kier molecular flexibility index (Phi) is 3.20. The highest BCUT2D eigenvalue weighted by Gasteiger charge is 2.34. The number of aliphatic hydroxyl groups is 1. The zero-order chi connectivity index (χ0) is 9.15. The summed E-state index contributed by atoms with van der Waals surface area (Å²) >= 11 is 2.09. The molecule has 2 fully saturated rings. The molecule has 2 aliphatic rings. The Morgan fingerprint density at radius 1 is 1.15 bits per heavy atom. The highest BCUT2D eigenvalue weighted by atomic mass is 32.2. The van der Waals surface area contributed by atoms with Crippen LogP contribution >= 0.6 is 11.8 Å². The second-order valence-corrected chi connectivity index (χ2v) is 6.03. The van der Waals surface area contributed by atoms with E-state index in [0.29, 0.717) is 0 Å². The van der Waals surface area contributed by atoms with E-state index in [4.69, 9.17) is 0 Å². The predicted octanol–water partition coefficient (Wildman–Crippen LogP) is 2.97. The topological polar surface area (TPSA) is 20.2 Å². The first-order valence-electron chi connectivity index (χ1n) is 5.63. The van der Waals surface area contributed by atoms with Crippen molar-refractivity contribution in [3.05, 3.63) is 0 Å². The minimum Gasteiger partial charge on any atom is -0.390 e. The summed E-state index contributed by atoms with van der Waals surface area (Å²) in [5, 5.41) is 11.0. The Morgan fingerprint density at radius 3 is 2.54 bits per heavy atom. The molecule has 76 valence electrons. The predicted molar refractivity (Wildman–Crippen MR) is 58.1 cm³/mol. The van der Waals surface area contributed by atoms with E-state index >= 15 is 0 Å². The van der Waals surface area contributed by atoms with Gasteiger partial charge < -0.3 is 5.11 Å². The van der Waals surface area contributed by atoms with Crippen LogP contribution in [-0.2, 0) is 0 Å². The molecule has 0 aromatic rings. The van der Waals surface area contributed by atoms with E-state index in [9.17, 15) is 5.11 Å². The molecular weight excluding hydrogens is 180 g/mol. The fourth-order valence-corrected chi connectivity index (χ4v) is 4.09. The molecule has 0 radical (unpaired) electrons. The Hall–Kier alpha value is 0.310. The van der Waals surface area contributed by atoms with E-state index in [-0.39, 0.29) is 5.60 Å². The molecule has 0 aromatic carbocycles. The van der Waals surface area contributed by atoms with E-state index in [0.717, 1.165) is 24.5 Å². The van der Waals surface area contributed by atoms with Crippen LogP contribution in [0.3, 0.4) is 0 Å². The van der Waals surface area contributed by atoms with Crippen LogP contribution in [0.25, 0.3) is 0 Å². The van der Waals surface area contributed by atoms with Gasteiger partial charge in [0.2, 0.25) is 0 Å². The summed E-state index contributed by atoms with van der Waals surface area (Å²) in [5.74, 6) is 1.32. The summed E-state index contributed by atoms with van der Waals surface area (Å²) in [7, 11) is 0. The van der Waals surface area contributed by atoms with Gasteiger partial charge in [-0.25, -0.2) is 0 Å². The molecule has 13 heavy (non-hydrogen) atoms. The van der Waals surface area contributed by atoms with Crippen molar-refractivity contribution in [2.45, 2.75) is 62.2 Å². The lowest BCUT2D eigenvalue weighted by Crippen LogP contribution is -2.29. The Bertz CT molecular complexity index is 157. The summed E-state index contributed by atoms with van der Waals surface area (Å²) in [6.07, 6.45) is 9.79. The van der Waals surface area contributed by atoms with Gasteiger partial charge in [0.05, 0.1) is 5.60 Å². The van der Waals surface area contributed by atoms with Crippen LogP contribution in [-0.4, -0.2) is 21.7 Å². The summed E-state index contributed by atoms with van der Waals surface area (Å²) in [6.45, 7) is 0. The van der Waals surface area contributed by atoms with Crippen molar-refractivity contribution in [1.82, 2.24) is 0 Å². The van der Waals surface area contributed by atoms with Gasteiger partial charge in [-0.05, 0) is 37.9 Å². The van der Waals surface area contributed by atoms with E-state index in [1.165, 1.54) is 37.9 Å². The molecule has 2 rings (SSSR count). The fraction of sp³-hybridized carbons (Fsp3) is 1.00. The molecule has 1 aliphatic heterocycles. The van der Waals surface area contributed by atoms with E-state index in [1.807, 2.05) is 0 Å². The molecule has 1 atom stereocenters. The first-order chi connectivity index (χ1) is 6.29. The molecule has 0 aromatic heterocycles. The second-order valence-electron chi connectivity index (χ2n) is 4.62. The van der Waals surface area contributed by atoms with Gasteiger partial charge in [-0.15, -0.1) is 0 Å². The number of thioether (sulfide) groups is 1. The molecule has 0 bridgehead atoms. The molecule has 1 heterocycles. The van der Waals surface area contributed by atoms with E-state index < -0.39 is 0 Å². The summed E-state index contributed by atoms with van der Waals surface area (Å²) in [6, 6.07) is 0. The lowest BCUT2D eigenvalue weighted by atomic mass is 9.94. The number of hydrogen-bond acceptors (Lipinski definition) is 2. The normalized spacial score (nSPS) is 33.5. The Labute approximate surface area is 85.3 Å². The molecular formula is C11H20OS. The minimum absolute atomic E-state index is 0.269. The van der Waals surface area contributed by atoms with Gasteiger partial charge in [0.25, 0.3) is 0 Å². The first-order valence-corrected chi connectivity index (χ1v) is 6.67. The Balaban J connectivity index is 1.81. The maximum absolute atomic E-state index is 10.2. The monoisotopic (exact) mass is 200 g/mol. The lowest BCUT2D eigenvalue weighted by Gasteiger charge is -2.29. The van der Waals surface area contributed by atoms with Crippen molar-refractivity contribution < 1.29 is 5.11 Å². The zero-order valence-electron chi connectivity index (χ0n) is 8.30. The minimum atomic E-state index is -0.269. The average molecular weight is 200 g/mol. The van der Waals surface area contributed by atoms with Crippen molar-refractivity contribution in [3.8, 4) is 0 Å². The SMILES string of the molecule is OC1(CC2CCCCS2)CCCC1. The maximum Gasteiger partial charge on any atom is 0.0658 e. The molecule has 0 amide bonds. The highest BCUT2D eigenvalue weighted by molar-refractivity contribution is 7.99. The summed E-state index contributed by atoms with van der Waals surface area (Å²) in [5.41, 5.74) is -0.269. The van der Waals surface area contributed by atoms with Crippen molar-refractivity contribution in [3.63, 3.8) is 0 Å². The standard InChI is InChI=1S/C11H20OS/c12-11(6-2-3-7-11)9-10-5-1-4-8-13-10/h10,12H,1-9H2. The molecule has 1 unspecified atom stereocenters. The molecule has 0 spiro atoms. The second kappa shape index (κ2) is 4.22. The third-order valence-electron chi connectivity index (χ3n) is 3.42. The number of hydrogen-bond donors (Lipinski definition) is 1. The van der Waals surface area contributed by atoms with E-state index in [1.54, 1.807) is 0 Å².